The van der Waals surface area contributed by atoms with Gasteiger partial charge in [-0.15, -0.1) is 10.2 Å². The van der Waals surface area contributed by atoms with Crippen molar-refractivity contribution in [1.82, 2.24) is 19.9 Å². The molecule has 1 amide bonds. The molecule has 1 aliphatic heterocycles. The number of hydrogen-bond donors (Lipinski definition) is 1. The first-order valence-electron chi connectivity index (χ1n) is 10.00. The van der Waals surface area contributed by atoms with Crippen molar-refractivity contribution in [3.8, 4) is 0 Å². The second-order valence-electron chi connectivity index (χ2n) is 7.70. The highest BCUT2D eigenvalue weighted by atomic mass is 16.5. The van der Waals surface area contributed by atoms with E-state index >= 15 is 0 Å². The molecule has 1 aromatic carbocycles. The average molecular weight is 377 g/mol. The lowest BCUT2D eigenvalue weighted by atomic mass is 9.91. The second kappa shape index (κ2) is 6.89. The van der Waals surface area contributed by atoms with Crippen molar-refractivity contribution < 1.29 is 9.32 Å². The molecule has 28 heavy (non-hydrogen) atoms. The summed E-state index contributed by atoms with van der Waals surface area (Å²) in [4.78, 5) is 12.4. The molecular weight excluding hydrogens is 354 g/mol. The first kappa shape index (κ1) is 17.2. The standard InChI is InChI=1S/C21H23N5O2/c1-2-19-23-24-20-10-7-15(12-26(19)20)13-5-8-16(9-6-13)22-21(27)17-11-18(28-25-17)14-3-4-14/h5-6,8-9,11,14-15H,2-4,7,10,12H2,1H3,(H,22,27). The maximum absolute atomic E-state index is 12.4. The molecule has 1 atom stereocenters. The van der Waals surface area contributed by atoms with Gasteiger partial charge in [0, 0.05) is 43.0 Å². The van der Waals surface area contributed by atoms with Gasteiger partial charge >= 0.3 is 0 Å². The van der Waals surface area contributed by atoms with Crippen molar-refractivity contribution in [1.29, 1.82) is 0 Å². The zero-order chi connectivity index (χ0) is 19.1. The van der Waals surface area contributed by atoms with E-state index in [0.717, 1.165) is 61.7 Å². The van der Waals surface area contributed by atoms with E-state index in [1.54, 1.807) is 6.07 Å². The number of carbonyl (C=O) groups is 1. The minimum Gasteiger partial charge on any atom is -0.360 e. The maximum Gasteiger partial charge on any atom is 0.277 e. The summed E-state index contributed by atoms with van der Waals surface area (Å²) >= 11 is 0. The van der Waals surface area contributed by atoms with Crippen molar-refractivity contribution in [2.45, 2.75) is 57.4 Å². The fourth-order valence-electron chi connectivity index (χ4n) is 3.91. The topological polar surface area (TPSA) is 85.8 Å². The Morgan fingerprint density at radius 2 is 2.00 bits per heavy atom. The molecule has 1 N–H and O–H groups in total. The van der Waals surface area contributed by atoms with Gasteiger partial charge in [0.2, 0.25) is 0 Å². The molecule has 0 radical (unpaired) electrons. The van der Waals surface area contributed by atoms with Gasteiger partial charge in [-0.25, -0.2) is 0 Å². The number of aromatic nitrogens is 4. The van der Waals surface area contributed by atoms with Crippen LogP contribution >= 0.6 is 0 Å². The van der Waals surface area contributed by atoms with Crippen LogP contribution in [-0.4, -0.2) is 25.8 Å². The summed E-state index contributed by atoms with van der Waals surface area (Å²) < 4.78 is 7.52. The molecule has 3 heterocycles. The van der Waals surface area contributed by atoms with Gasteiger partial charge in [-0.05, 0) is 37.0 Å². The monoisotopic (exact) mass is 377 g/mol. The molecule has 0 bridgehead atoms. The molecule has 7 heteroatoms. The van der Waals surface area contributed by atoms with Crippen LogP contribution in [0, 0.1) is 0 Å². The Balaban J connectivity index is 1.26. The molecule has 3 aromatic rings. The van der Waals surface area contributed by atoms with Crippen LogP contribution in [-0.2, 0) is 19.4 Å². The lowest BCUT2D eigenvalue weighted by molar-refractivity contribution is 0.101. The van der Waals surface area contributed by atoms with Crippen molar-refractivity contribution in [2.24, 2.45) is 0 Å². The van der Waals surface area contributed by atoms with Crippen molar-refractivity contribution in [3.05, 3.63) is 59.0 Å². The van der Waals surface area contributed by atoms with Gasteiger partial charge in [0.1, 0.15) is 17.4 Å². The first-order valence-corrected chi connectivity index (χ1v) is 10.00. The predicted molar refractivity (Wildman–Crippen MR) is 103 cm³/mol. The minimum absolute atomic E-state index is 0.234. The minimum atomic E-state index is -0.234. The van der Waals surface area contributed by atoms with E-state index in [2.05, 4.69) is 44.3 Å². The summed E-state index contributed by atoms with van der Waals surface area (Å²) in [5, 5.41) is 15.4. The Kier molecular flexibility index (Phi) is 4.22. The van der Waals surface area contributed by atoms with Gasteiger partial charge in [-0.3, -0.25) is 4.79 Å². The molecule has 1 aliphatic carbocycles. The van der Waals surface area contributed by atoms with Crippen LogP contribution < -0.4 is 5.32 Å². The maximum atomic E-state index is 12.4. The number of rotatable bonds is 5. The molecule has 0 spiro atoms. The summed E-state index contributed by atoms with van der Waals surface area (Å²) in [6.45, 7) is 3.03. The van der Waals surface area contributed by atoms with Gasteiger partial charge in [0.15, 0.2) is 5.69 Å². The number of amides is 1. The molecule has 0 saturated heterocycles. The molecule has 5 rings (SSSR count). The number of carbonyl (C=O) groups excluding carboxylic acids is 1. The fourth-order valence-corrected chi connectivity index (χ4v) is 3.91. The van der Waals surface area contributed by atoms with Crippen LogP contribution in [0.4, 0.5) is 5.69 Å². The highest BCUT2D eigenvalue weighted by molar-refractivity contribution is 6.02. The zero-order valence-electron chi connectivity index (χ0n) is 15.9. The van der Waals surface area contributed by atoms with Crippen molar-refractivity contribution in [3.63, 3.8) is 0 Å². The van der Waals surface area contributed by atoms with Crippen LogP contribution in [0.25, 0.3) is 0 Å². The number of nitrogens with zero attached hydrogens (tertiary/aromatic N) is 4. The van der Waals surface area contributed by atoms with E-state index in [1.807, 2.05) is 12.1 Å². The number of aryl methyl sites for hydroxylation is 2. The first-order chi connectivity index (χ1) is 13.7. The van der Waals surface area contributed by atoms with Gasteiger partial charge < -0.3 is 14.4 Å². The lowest BCUT2D eigenvalue weighted by Gasteiger charge is -2.24. The Bertz CT molecular complexity index is 987. The van der Waals surface area contributed by atoms with Gasteiger partial charge in [0.25, 0.3) is 5.91 Å². The van der Waals surface area contributed by atoms with Crippen molar-refractivity contribution in [2.75, 3.05) is 5.32 Å². The second-order valence-corrected chi connectivity index (χ2v) is 7.70. The number of nitrogens with one attached hydrogen (secondary N) is 1. The number of anilines is 1. The predicted octanol–water partition coefficient (Wildman–Crippen LogP) is 3.69. The summed E-state index contributed by atoms with van der Waals surface area (Å²) in [7, 11) is 0. The summed E-state index contributed by atoms with van der Waals surface area (Å²) in [6, 6.07) is 9.86. The van der Waals surface area contributed by atoms with Crippen LogP contribution in [0.2, 0.25) is 0 Å². The Labute approximate surface area is 163 Å². The number of benzene rings is 1. The number of hydrogen-bond acceptors (Lipinski definition) is 5. The summed E-state index contributed by atoms with van der Waals surface area (Å²) in [5.41, 5.74) is 2.38. The molecule has 1 fully saturated rings. The normalized spacial score (nSPS) is 18.7. The molecule has 7 nitrogen and oxygen atoms in total. The van der Waals surface area contributed by atoms with E-state index < -0.39 is 0 Å². The van der Waals surface area contributed by atoms with Crippen LogP contribution in [0.1, 0.15) is 71.5 Å². The lowest BCUT2D eigenvalue weighted by Crippen LogP contribution is -2.20. The molecule has 144 valence electrons. The Hall–Kier alpha value is -2.96. The molecular formula is C21H23N5O2. The smallest absolute Gasteiger partial charge is 0.277 e. The third-order valence-electron chi connectivity index (χ3n) is 5.72. The van der Waals surface area contributed by atoms with Crippen molar-refractivity contribution >= 4 is 11.6 Å². The molecule has 2 aliphatic rings. The fraction of sp³-hybridized carbons (Fsp3) is 0.429. The number of fused-ring (bicyclic) bond motifs is 1. The highest BCUT2D eigenvalue weighted by Crippen LogP contribution is 2.40. The van der Waals surface area contributed by atoms with E-state index in [-0.39, 0.29) is 5.91 Å². The van der Waals surface area contributed by atoms with Crippen LogP contribution in [0.15, 0.2) is 34.9 Å². The largest absolute Gasteiger partial charge is 0.360 e. The quantitative estimate of drug-likeness (QED) is 0.733. The van der Waals surface area contributed by atoms with Gasteiger partial charge in [0.05, 0.1) is 0 Å². The third kappa shape index (κ3) is 3.21. The van der Waals surface area contributed by atoms with E-state index in [4.69, 9.17) is 4.52 Å². The van der Waals surface area contributed by atoms with Gasteiger partial charge in [-0.2, -0.15) is 0 Å². The molecule has 1 unspecified atom stereocenters. The molecule has 2 aromatic heterocycles. The van der Waals surface area contributed by atoms with E-state index in [9.17, 15) is 4.79 Å². The third-order valence-corrected chi connectivity index (χ3v) is 5.72. The van der Waals surface area contributed by atoms with Crippen LogP contribution in [0.3, 0.4) is 0 Å². The zero-order valence-corrected chi connectivity index (χ0v) is 15.9. The Morgan fingerprint density at radius 1 is 1.18 bits per heavy atom. The molecule has 1 saturated carbocycles. The summed E-state index contributed by atoms with van der Waals surface area (Å²) in [6.07, 6.45) is 5.15. The van der Waals surface area contributed by atoms with Gasteiger partial charge in [-0.1, -0.05) is 24.2 Å². The highest BCUT2D eigenvalue weighted by Gasteiger charge is 2.29. The summed E-state index contributed by atoms with van der Waals surface area (Å²) in [5.74, 6) is 3.62. The SMILES string of the molecule is CCc1nnc2n1CC(c1ccc(NC(=O)c3cc(C4CC4)on3)cc1)CC2. The average Bonchev–Trinajstić information content (AvgIpc) is 3.30. The van der Waals surface area contributed by atoms with E-state index in [0.29, 0.717) is 17.5 Å². The van der Waals surface area contributed by atoms with Crippen LogP contribution in [0.5, 0.6) is 0 Å². The van der Waals surface area contributed by atoms with E-state index in [1.165, 1.54) is 5.56 Å². The Morgan fingerprint density at radius 3 is 2.75 bits per heavy atom.